The van der Waals surface area contributed by atoms with E-state index in [2.05, 4.69) is 18.7 Å². The summed E-state index contributed by atoms with van der Waals surface area (Å²) < 4.78 is 0. The van der Waals surface area contributed by atoms with Crippen LogP contribution in [0.2, 0.25) is 0 Å². The molecule has 0 radical (unpaired) electrons. The van der Waals surface area contributed by atoms with E-state index >= 15 is 0 Å². The summed E-state index contributed by atoms with van der Waals surface area (Å²) in [5, 5.41) is 1.90. The van der Waals surface area contributed by atoms with Crippen molar-refractivity contribution in [2.24, 2.45) is 5.73 Å². The Kier molecular flexibility index (Phi) is 2.80. The molecule has 82 valence electrons. The summed E-state index contributed by atoms with van der Waals surface area (Å²) in [6.45, 7) is 6.40. The number of hydrogen-bond donors (Lipinski definition) is 1. The van der Waals surface area contributed by atoms with Crippen LogP contribution in [0, 0.1) is 0 Å². The minimum atomic E-state index is -0.287. The fourth-order valence-electron chi connectivity index (χ4n) is 2.00. The van der Waals surface area contributed by atoms with E-state index < -0.39 is 0 Å². The molecule has 2 rings (SSSR count). The average molecular weight is 224 g/mol. The van der Waals surface area contributed by atoms with Crippen LogP contribution in [0.4, 0.5) is 0 Å². The number of rotatable bonds is 2. The summed E-state index contributed by atoms with van der Waals surface area (Å²) in [4.78, 5) is 14.9. The molecule has 0 unspecified atom stereocenters. The smallest absolute Gasteiger partial charge is 0.249 e. The number of fused-ring (bicyclic) bond motifs is 1. The van der Waals surface area contributed by atoms with Crippen molar-refractivity contribution in [3.63, 3.8) is 0 Å². The number of primary amides is 1. The van der Waals surface area contributed by atoms with Crippen LogP contribution < -0.4 is 5.73 Å². The van der Waals surface area contributed by atoms with Gasteiger partial charge in [0.05, 0.1) is 5.56 Å². The molecule has 0 atom stereocenters. The van der Waals surface area contributed by atoms with E-state index in [-0.39, 0.29) is 5.91 Å². The summed E-state index contributed by atoms with van der Waals surface area (Å²) in [5.74, 6) is -0.287. The van der Waals surface area contributed by atoms with Crippen LogP contribution in [-0.4, -0.2) is 23.4 Å². The number of nitrogens with two attached hydrogens (primary N) is 1. The van der Waals surface area contributed by atoms with Gasteiger partial charge in [-0.1, -0.05) is 0 Å². The molecule has 0 aromatic carbocycles. The van der Waals surface area contributed by atoms with Crippen LogP contribution in [0.3, 0.4) is 0 Å². The highest BCUT2D eigenvalue weighted by molar-refractivity contribution is 7.10. The first-order chi connectivity index (χ1) is 7.09. The molecule has 1 aromatic heterocycles. The normalized spacial score (nSPS) is 16.7. The maximum absolute atomic E-state index is 11.2. The van der Waals surface area contributed by atoms with Crippen LogP contribution in [0.15, 0.2) is 5.38 Å². The number of carbonyl (C=O) groups excluding carboxylic acids is 1. The van der Waals surface area contributed by atoms with Gasteiger partial charge in [-0.05, 0) is 25.8 Å². The summed E-state index contributed by atoms with van der Waals surface area (Å²) in [6, 6.07) is 0.567. The monoisotopic (exact) mass is 224 g/mol. The van der Waals surface area contributed by atoms with Gasteiger partial charge in [-0.2, -0.15) is 0 Å². The molecule has 15 heavy (non-hydrogen) atoms. The van der Waals surface area contributed by atoms with Crippen LogP contribution in [0.5, 0.6) is 0 Å². The summed E-state index contributed by atoms with van der Waals surface area (Å²) in [7, 11) is 0. The Morgan fingerprint density at radius 2 is 2.33 bits per heavy atom. The number of amides is 1. The average Bonchev–Trinajstić information content (AvgIpc) is 2.59. The number of nitrogens with zero attached hydrogens (tertiary/aromatic N) is 1. The number of thiophene rings is 1. The fraction of sp³-hybridized carbons (Fsp3) is 0.545. The lowest BCUT2D eigenvalue weighted by Crippen LogP contribution is -2.35. The molecule has 1 aliphatic heterocycles. The summed E-state index contributed by atoms with van der Waals surface area (Å²) in [6.07, 6.45) is 0.954. The van der Waals surface area contributed by atoms with Crippen molar-refractivity contribution in [3.8, 4) is 0 Å². The highest BCUT2D eigenvalue weighted by Crippen LogP contribution is 2.29. The van der Waals surface area contributed by atoms with Gasteiger partial charge < -0.3 is 5.73 Å². The van der Waals surface area contributed by atoms with Crippen LogP contribution in [-0.2, 0) is 13.0 Å². The first-order valence-electron chi connectivity index (χ1n) is 5.22. The molecule has 2 heterocycles. The molecule has 2 N–H and O–H groups in total. The molecule has 1 amide bonds. The van der Waals surface area contributed by atoms with E-state index in [9.17, 15) is 4.79 Å². The Morgan fingerprint density at radius 1 is 1.60 bits per heavy atom. The Bertz CT molecular complexity index is 384. The van der Waals surface area contributed by atoms with Gasteiger partial charge in [-0.3, -0.25) is 9.69 Å². The molecule has 0 saturated heterocycles. The quantitative estimate of drug-likeness (QED) is 0.829. The Labute approximate surface area is 93.9 Å². The predicted octanol–water partition coefficient (Wildman–Crippen LogP) is 1.61. The first kappa shape index (κ1) is 10.6. The predicted molar refractivity (Wildman–Crippen MR) is 62.1 cm³/mol. The highest BCUT2D eigenvalue weighted by Gasteiger charge is 2.23. The third-order valence-corrected chi connectivity index (χ3v) is 3.99. The van der Waals surface area contributed by atoms with Crippen molar-refractivity contribution < 1.29 is 4.79 Å². The largest absolute Gasteiger partial charge is 0.366 e. The maximum atomic E-state index is 11.2. The number of carbonyl (C=O) groups is 1. The van der Waals surface area contributed by atoms with Gasteiger partial charge >= 0.3 is 0 Å². The molecule has 1 aliphatic rings. The minimum Gasteiger partial charge on any atom is -0.366 e. The van der Waals surface area contributed by atoms with Crippen molar-refractivity contribution in [1.82, 2.24) is 4.90 Å². The number of hydrogen-bond acceptors (Lipinski definition) is 3. The molecule has 3 nitrogen and oxygen atoms in total. The Morgan fingerprint density at radius 3 is 2.93 bits per heavy atom. The Hall–Kier alpha value is -0.870. The van der Waals surface area contributed by atoms with Gasteiger partial charge in [0, 0.05) is 29.4 Å². The van der Waals surface area contributed by atoms with Crippen LogP contribution in [0.25, 0.3) is 0 Å². The lowest BCUT2D eigenvalue weighted by molar-refractivity contribution is 0.0999. The zero-order valence-electron chi connectivity index (χ0n) is 9.12. The van der Waals surface area contributed by atoms with Gasteiger partial charge in [0.2, 0.25) is 5.91 Å². The standard InChI is InChI=1S/C11H16N2OS/c1-7(2)13-4-3-8-9(11(12)14)6-15-10(8)5-13/h6-7H,3-5H2,1-2H3,(H2,12,14). The van der Waals surface area contributed by atoms with Gasteiger partial charge in [0.15, 0.2) is 0 Å². The molecule has 0 bridgehead atoms. The second-order valence-electron chi connectivity index (χ2n) is 4.23. The van der Waals surface area contributed by atoms with Crippen molar-refractivity contribution in [2.45, 2.75) is 32.9 Å². The zero-order valence-corrected chi connectivity index (χ0v) is 9.93. The Balaban J connectivity index is 2.26. The van der Waals surface area contributed by atoms with E-state index in [1.165, 1.54) is 10.4 Å². The van der Waals surface area contributed by atoms with Gasteiger partial charge in [0.25, 0.3) is 0 Å². The summed E-state index contributed by atoms with van der Waals surface area (Å²) in [5.41, 5.74) is 7.25. The maximum Gasteiger partial charge on any atom is 0.249 e. The molecule has 0 spiro atoms. The molecule has 4 heteroatoms. The summed E-state index contributed by atoms with van der Waals surface area (Å²) >= 11 is 1.66. The molecule has 1 aromatic rings. The molecule has 0 fully saturated rings. The minimum absolute atomic E-state index is 0.287. The van der Waals surface area contributed by atoms with Crippen LogP contribution >= 0.6 is 11.3 Å². The lowest BCUT2D eigenvalue weighted by atomic mass is 10.0. The van der Waals surface area contributed by atoms with Crippen molar-refractivity contribution in [3.05, 3.63) is 21.4 Å². The molecular formula is C11H16N2OS. The van der Waals surface area contributed by atoms with E-state index in [0.717, 1.165) is 25.1 Å². The van der Waals surface area contributed by atoms with Gasteiger partial charge in [-0.15, -0.1) is 11.3 Å². The third kappa shape index (κ3) is 1.92. The third-order valence-electron chi connectivity index (χ3n) is 2.97. The van der Waals surface area contributed by atoms with Gasteiger partial charge in [-0.25, -0.2) is 0 Å². The van der Waals surface area contributed by atoms with Crippen molar-refractivity contribution >= 4 is 17.2 Å². The van der Waals surface area contributed by atoms with E-state index in [4.69, 9.17) is 5.73 Å². The van der Waals surface area contributed by atoms with Gasteiger partial charge in [0.1, 0.15) is 0 Å². The van der Waals surface area contributed by atoms with E-state index in [1.807, 2.05) is 5.38 Å². The molecule has 0 saturated carbocycles. The lowest BCUT2D eigenvalue weighted by Gasteiger charge is -2.30. The first-order valence-corrected chi connectivity index (χ1v) is 6.10. The SMILES string of the molecule is CC(C)N1CCc2c(C(N)=O)csc2C1. The van der Waals surface area contributed by atoms with Crippen molar-refractivity contribution in [2.75, 3.05) is 6.54 Å². The van der Waals surface area contributed by atoms with Crippen LogP contribution in [0.1, 0.15) is 34.6 Å². The molecule has 0 aliphatic carbocycles. The zero-order chi connectivity index (χ0) is 11.0. The van der Waals surface area contributed by atoms with E-state index in [1.54, 1.807) is 11.3 Å². The second-order valence-corrected chi connectivity index (χ2v) is 5.19. The molecular weight excluding hydrogens is 208 g/mol. The fourth-order valence-corrected chi connectivity index (χ4v) is 3.11. The second kappa shape index (κ2) is 3.94. The highest BCUT2D eigenvalue weighted by atomic mass is 32.1. The van der Waals surface area contributed by atoms with Crippen molar-refractivity contribution in [1.29, 1.82) is 0 Å². The topological polar surface area (TPSA) is 46.3 Å². The van der Waals surface area contributed by atoms with E-state index in [0.29, 0.717) is 6.04 Å².